The number of carbonyl (C=O) groups excluding carboxylic acids is 1. The number of nitrogens with zero attached hydrogens (tertiary/aromatic N) is 1. The first-order chi connectivity index (χ1) is 13.9. The van der Waals surface area contributed by atoms with Crippen molar-refractivity contribution < 1.29 is 23.1 Å². The van der Waals surface area contributed by atoms with E-state index in [4.69, 9.17) is 4.74 Å². The second-order valence-corrected chi connectivity index (χ2v) is 9.76. The lowest BCUT2D eigenvalue weighted by molar-refractivity contribution is 0.0730. The standard InChI is InChI=1S/C21H32N2O5S/c1-2-16-8-9-18(15-20(16)29(26,27)23-11-13-28-14-12-23)21(25)22-10-4-6-17-5-3-7-19(17)24/h8-9,15,17,19,24H,2-7,10-14H2,1H3,(H,22,25)/t17-,19+/m0/s1. The van der Waals surface area contributed by atoms with Crippen molar-refractivity contribution in [2.24, 2.45) is 5.92 Å². The van der Waals surface area contributed by atoms with Crippen molar-refractivity contribution in [2.45, 2.75) is 56.4 Å². The Hall–Kier alpha value is -1.48. The predicted octanol–water partition coefficient (Wildman–Crippen LogP) is 1.94. The van der Waals surface area contributed by atoms with Crippen molar-refractivity contribution >= 4 is 15.9 Å². The Morgan fingerprint density at radius 1 is 1.28 bits per heavy atom. The number of rotatable bonds is 8. The number of sulfonamides is 1. The molecule has 1 aromatic carbocycles. The van der Waals surface area contributed by atoms with Gasteiger partial charge >= 0.3 is 0 Å². The molecule has 3 rings (SSSR count). The van der Waals surface area contributed by atoms with Crippen LogP contribution < -0.4 is 5.32 Å². The number of hydrogen-bond acceptors (Lipinski definition) is 5. The molecule has 2 N–H and O–H groups in total. The van der Waals surface area contributed by atoms with Crippen LogP contribution in [0.1, 0.15) is 54.9 Å². The Balaban J connectivity index is 1.65. The summed E-state index contributed by atoms with van der Waals surface area (Å²) in [6.07, 6.45) is 5.07. The molecule has 1 aromatic rings. The zero-order chi connectivity index (χ0) is 20.9. The summed E-state index contributed by atoms with van der Waals surface area (Å²) in [5.74, 6) is 0.0686. The van der Waals surface area contributed by atoms with Crippen molar-refractivity contribution in [3.05, 3.63) is 29.3 Å². The largest absolute Gasteiger partial charge is 0.393 e. The summed E-state index contributed by atoms with van der Waals surface area (Å²) in [6, 6.07) is 4.92. The molecule has 0 spiro atoms. The van der Waals surface area contributed by atoms with Crippen LogP contribution in [-0.2, 0) is 21.2 Å². The average Bonchev–Trinajstić information content (AvgIpc) is 3.15. The maximum absolute atomic E-state index is 13.1. The molecule has 1 aliphatic carbocycles. The third-order valence-corrected chi connectivity index (χ3v) is 7.94. The molecule has 0 aromatic heterocycles. The number of ether oxygens (including phenoxy) is 1. The quantitative estimate of drug-likeness (QED) is 0.622. The Morgan fingerprint density at radius 3 is 2.69 bits per heavy atom. The van der Waals surface area contributed by atoms with E-state index in [1.807, 2.05) is 6.92 Å². The van der Waals surface area contributed by atoms with Gasteiger partial charge in [-0.15, -0.1) is 0 Å². The number of amides is 1. The second-order valence-electron chi connectivity index (χ2n) is 7.85. The number of carbonyl (C=O) groups is 1. The summed E-state index contributed by atoms with van der Waals surface area (Å²) in [6.45, 7) is 3.85. The van der Waals surface area contributed by atoms with Crippen LogP contribution in [0, 0.1) is 5.92 Å². The Morgan fingerprint density at radius 2 is 2.03 bits per heavy atom. The van der Waals surface area contributed by atoms with Crippen molar-refractivity contribution in [1.82, 2.24) is 9.62 Å². The Kier molecular flexibility index (Phi) is 7.67. The van der Waals surface area contributed by atoms with Gasteiger partial charge in [-0.1, -0.05) is 19.4 Å². The van der Waals surface area contributed by atoms with Crippen LogP contribution in [0.3, 0.4) is 0 Å². The summed E-state index contributed by atoms with van der Waals surface area (Å²) in [5.41, 5.74) is 1.07. The van der Waals surface area contributed by atoms with Crippen LogP contribution in [0.4, 0.5) is 0 Å². The molecule has 8 heteroatoms. The molecule has 29 heavy (non-hydrogen) atoms. The normalized spacial score (nSPS) is 23.2. The van der Waals surface area contributed by atoms with Gasteiger partial charge < -0.3 is 15.2 Å². The molecule has 1 saturated carbocycles. The maximum Gasteiger partial charge on any atom is 0.251 e. The zero-order valence-electron chi connectivity index (χ0n) is 17.1. The predicted molar refractivity (Wildman–Crippen MR) is 110 cm³/mol. The van der Waals surface area contributed by atoms with Crippen LogP contribution in [0.15, 0.2) is 23.1 Å². The summed E-state index contributed by atoms with van der Waals surface area (Å²) in [7, 11) is -3.66. The van der Waals surface area contributed by atoms with Gasteiger partial charge in [-0.2, -0.15) is 4.31 Å². The monoisotopic (exact) mass is 424 g/mol. The summed E-state index contributed by atoms with van der Waals surface area (Å²) >= 11 is 0. The fourth-order valence-electron chi connectivity index (χ4n) is 4.18. The maximum atomic E-state index is 13.1. The molecule has 1 heterocycles. The lowest BCUT2D eigenvalue weighted by Gasteiger charge is -2.27. The van der Waals surface area contributed by atoms with Crippen LogP contribution in [0.25, 0.3) is 0 Å². The van der Waals surface area contributed by atoms with E-state index in [1.54, 1.807) is 12.1 Å². The fourth-order valence-corrected chi connectivity index (χ4v) is 5.90. The number of hydrogen-bond donors (Lipinski definition) is 2. The molecule has 7 nitrogen and oxygen atoms in total. The minimum atomic E-state index is -3.66. The van der Waals surface area contributed by atoms with Gasteiger partial charge in [-0.25, -0.2) is 8.42 Å². The lowest BCUT2D eigenvalue weighted by atomic mass is 10.00. The first-order valence-corrected chi connectivity index (χ1v) is 12.0. The van der Waals surface area contributed by atoms with Crippen molar-refractivity contribution in [1.29, 1.82) is 0 Å². The van der Waals surface area contributed by atoms with Gasteiger partial charge in [0.25, 0.3) is 5.91 Å². The van der Waals surface area contributed by atoms with Gasteiger partial charge in [0.15, 0.2) is 0 Å². The van der Waals surface area contributed by atoms with Gasteiger partial charge in [0.1, 0.15) is 0 Å². The number of morpholine rings is 1. The van der Waals surface area contributed by atoms with Gasteiger partial charge in [0, 0.05) is 25.2 Å². The van der Waals surface area contributed by atoms with Crippen molar-refractivity contribution in [3.8, 4) is 0 Å². The van der Waals surface area contributed by atoms with E-state index >= 15 is 0 Å². The van der Waals surface area contributed by atoms with E-state index in [2.05, 4.69) is 5.32 Å². The van der Waals surface area contributed by atoms with Crippen LogP contribution >= 0.6 is 0 Å². The molecule has 1 aliphatic heterocycles. The molecule has 2 atom stereocenters. The number of benzene rings is 1. The first-order valence-electron chi connectivity index (χ1n) is 10.6. The van der Waals surface area contributed by atoms with E-state index in [-0.39, 0.29) is 16.9 Å². The van der Waals surface area contributed by atoms with Crippen LogP contribution in [0.5, 0.6) is 0 Å². The highest BCUT2D eigenvalue weighted by atomic mass is 32.2. The molecular weight excluding hydrogens is 392 g/mol. The van der Waals surface area contributed by atoms with Crippen LogP contribution in [-0.4, -0.2) is 62.7 Å². The van der Waals surface area contributed by atoms with Crippen LogP contribution in [0.2, 0.25) is 0 Å². The highest BCUT2D eigenvalue weighted by molar-refractivity contribution is 7.89. The van der Waals surface area contributed by atoms with E-state index in [0.29, 0.717) is 56.3 Å². The van der Waals surface area contributed by atoms with Crippen molar-refractivity contribution in [2.75, 3.05) is 32.8 Å². The molecular formula is C21H32N2O5S. The molecule has 1 saturated heterocycles. The third-order valence-electron chi connectivity index (χ3n) is 5.95. The molecule has 1 amide bonds. The van der Waals surface area contributed by atoms with Gasteiger partial charge in [-0.05, 0) is 55.7 Å². The minimum absolute atomic E-state index is 0.208. The zero-order valence-corrected chi connectivity index (χ0v) is 17.9. The molecule has 2 aliphatic rings. The summed E-state index contributed by atoms with van der Waals surface area (Å²) in [5, 5.41) is 12.8. The number of aryl methyl sites for hydroxylation is 1. The first kappa shape index (κ1) is 22.2. The third kappa shape index (κ3) is 5.36. The molecule has 162 valence electrons. The fraction of sp³-hybridized carbons (Fsp3) is 0.667. The summed E-state index contributed by atoms with van der Waals surface area (Å²) < 4.78 is 32.9. The molecule has 2 fully saturated rings. The Bertz CT molecular complexity index is 805. The lowest BCUT2D eigenvalue weighted by Crippen LogP contribution is -2.41. The van der Waals surface area contributed by atoms with E-state index in [0.717, 1.165) is 32.1 Å². The Labute approximate surface area is 173 Å². The molecule has 0 unspecified atom stereocenters. The summed E-state index contributed by atoms with van der Waals surface area (Å²) in [4.78, 5) is 12.8. The van der Waals surface area contributed by atoms with Crippen molar-refractivity contribution in [3.63, 3.8) is 0 Å². The smallest absolute Gasteiger partial charge is 0.251 e. The number of nitrogens with one attached hydrogen (secondary N) is 1. The SMILES string of the molecule is CCc1ccc(C(=O)NCCC[C@@H]2CCC[C@H]2O)cc1S(=O)(=O)N1CCOCC1. The topological polar surface area (TPSA) is 95.9 Å². The minimum Gasteiger partial charge on any atom is -0.393 e. The van der Waals surface area contributed by atoms with E-state index < -0.39 is 10.0 Å². The number of aliphatic hydroxyl groups is 1. The van der Waals surface area contributed by atoms with Gasteiger partial charge in [0.2, 0.25) is 10.0 Å². The average molecular weight is 425 g/mol. The van der Waals surface area contributed by atoms with Gasteiger partial charge in [0.05, 0.1) is 24.2 Å². The van der Waals surface area contributed by atoms with E-state index in [9.17, 15) is 18.3 Å². The second kappa shape index (κ2) is 10.0. The van der Waals surface area contributed by atoms with Gasteiger partial charge in [-0.3, -0.25) is 4.79 Å². The number of aliphatic hydroxyl groups excluding tert-OH is 1. The highest BCUT2D eigenvalue weighted by Crippen LogP contribution is 2.29. The van der Waals surface area contributed by atoms with E-state index in [1.165, 1.54) is 10.4 Å². The molecule has 0 bridgehead atoms. The highest BCUT2D eigenvalue weighted by Gasteiger charge is 2.29. The molecule has 0 radical (unpaired) electrons.